The third-order valence-corrected chi connectivity index (χ3v) is 2.60. The minimum Gasteiger partial charge on any atom is -0.491 e. The molecule has 4 heteroatoms. The van der Waals surface area contributed by atoms with Crippen LogP contribution >= 0.6 is 0 Å². The predicted octanol–water partition coefficient (Wildman–Crippen LogP) is 1.70. The van der Waals surface area contributed by atoms with E-state index < -0.39 is 0 Å². The first-order valence-corrected chi connectivity index (χ1v) is 5.33. The quantitative estimate of drug-likeness (QED) is 0.784. The van der Waals surface area contributed by atoms with E-state index in [2.05, 4.69) is 0 Å². The standard InChI is InChI=1S/C12H14N2O2/c13-7-9-3-4-10(6-12(9)14)16-8-11-2-1-5-15-11/h3-4,6,11H,1-2,5,8,14H2. The Balaban J connectivity index is 1.94. The number of nitrogens with zero attached hydrogens (tertiary/aromatic N) is 1. The van der Waals surface area contributed by atoms with Crippen LogP contribution in [0.2, 0.25) is 0 Å². The van der Waals surface area contributed by atoms with Gasteiger partial charge in [0.25, 0.3) is 0 Å². The molecule has 1 atom stereocenters. The van der Waals surface area contributed by atoms with Crippen LogP contribution in [0, 0.1) is 11.3 Å². The lowest BCUT2D eigenvalue weighted by Gasteiger charge is -2.11. The van der Waals surface area contributed by atoms with Crippen LogP contribution in [0.3, 0.4) is 0 Å². The molecule has 16 heavy (non-hydrogen) atoms. The molecule has 1 unspecified atom stereocenters. The zero-order chi connectivity index (χ0) is 11.4. The Labute approximate surface area is 94.6 Å². The number of hydrogen-bond donors (Lipinski definition) is 1. The molecule has 2 rings (SSSR count). The van der Waals surface area contributed by atoms with Crippen molar-refractivity contribution in [2.75, 3.05) is 18.9 Å². The zero-order valence-corrected chi connectivity index (χ0v) is 8.98. The molecule has 2 N–H and O–H groups in total. The van der Waals surface area contributed by atoms with Gasteiger partial charge in [0.05, 0.1) is 17.4 Å². The predicted molar refractivity (Wildman–Crippen MR) is 60.0 cm³/mol. The van der Waals surface area contributed by atoms with Gasteiger partial charge in [0.2, 0.25) is 0 Å². The Kier molecular flexibility index (Phi) is 3.28. The monoisotopic (exact) mass is 218 g/mol. The van der Waals surface area contributed by atoms with Crippen molar-refractivity contribution in [1.82, 2.24) is 0 Å². The molecule has 0 saturated carbocycles. The van der Waals surface area contributed by atoms with Gasteiger partial charge < -0.3 is 15.2 Å². The van der Waals surface area contributed by atoms with Crippen LogP contribution in [0.1, 0.15) is 18.4 Å². The van der Waals surface area contributed by atoms with Gasteiger partial charge in [-0.05, 0) is 25.0 Å². The molecule has 84 valence electrons. The molecule has 1 aliphatic rings. The summed E-state index contributed by atoms with van der Waals surface area (Å²) in [5.41, 5.74) is 6.61. The van der Waals surface area contributed by atoms with E-state index in [0.29, 0.717) is 23.6 Å². The molecule has 0 radical (unpaired) electrons. The third-order valence-electron chi connectivity index (χ3n) is 2.60. The first-order chi connectivity index (χ1) is 7.79. The lowest BCUT2D eigenvalue weighted by Crippen LogP contribution is -2.16. The fraction of sp³-hybridized carbons (Fsp3) is 0.417. The van der Waals surface area contributed by atoms with Gasteiger partial charge in [0, 0.05) is 12.7 Å². The molecule has 1 aromatic rings. The van der Waals surface area contributed by atoms with E-state index >= 15 is 0 Å². The Bertz CT molecular complexity index is 406. The van der Waals surface area contributed by atoms with Gasteiger partial charge in [-0.15, -0.1) is 0 Å². The molecule has 1 saturated heterocycles. The highest BCUT2D eigenvalue weighted by Crippen LogP contribution is 2.20. The highest BCUT2D eigenvalue weighted by molar-refractivity contribution is 5.56. The van der Waals surface area contributed by atoms with Crippen molar-refractivity contribution < 1.29 is 9.47 Å². The van der Waals surface area contributed by atoms with E-state index in [9.17, 15) is 0 Å². The maximum absolute atomic E-state index is 8.72. The first-order valence-electron chi connectivity index (χ1n) is 5.33. The molecule has 1 aromatic carbocycles. The van der Waals surface area contributed by atoms with Gasteiger partial charge in [-0.3, -0.25) is 0 Å². The van der Waals surface area contributed by atoms with Crippen LogP contribution in [0.25, 0.3) is 0 Å². The Morgan fingerprint density at radius 3 is 3.06 bits per heavy atom. The second-order valence-corrected chi connectivity index (χ2v) is 3.81. The Morgan fingerprint density at radius 2 is 2.44 bits per heavy atom. The number of rotatable bonds is 3. The van der Waals surface area contributed by atoms with Crippen molar-refractivity contribution in [3.05, 3.63) is 23.8 Å². The average molecular weight is 218 g/mol. The third kappa shape index (κ3) is 2.44. The summed E-state index contributed by atoms with van der Waals surface area (Å²) in [7, 11) is 0. The minimum atomic E-state index is 0.192. The summed E-state index contributed by atoms with van der Waals surface area (Å²) < 4.78 is 11.0. The van der Waals surface area contributed by atoms with Gasteiger partial charge in [-0.2, -0.15) is 5.26 Å². The van der Waals surface area contributed by atoms with Crippen LogP contribution in [0.5, 0.6) is 5.75 Å². The lowest BCUT2D eigenvalue weighted by atomic mass is 10.2. The molecule has 0 aliphatic carbocycles. The van der Waals surface area contributed by atoms with E-state index in [1.165, 1.54) is 0 Å². The summed E-state index contributed by atoms with van der Waals surface area (Å²) in [4.78, 5) is 0. The van der Waals surface area contributed by atoms with E-state index in [0.717, 1.165) is 19.4 Å². The largest absolute Gasteiger partial charge is 0.491 e. The average Bonchev–Trinajstić information content (AvgIpc) is 2.79. The topological polar surface area (TPSA) is 68.3 Å². The number of anilines is 1. The SMILES string of the molecule is N#Cc1ccc(OCC2CCCO2)cc1N. The van der Waals surface area contributed by atoms with Gasteiger partial charge in [0.1, 0.15) is 18.4 Å². The van der Waals surface area contributed by atoms with Crippen LogP contribution in [-0.4, -0.2) is 19.3 Å². The summed E-state index contributed by atoms with van der Waals surface area (Å²) >= 11 is 0. The molecule has 1 aliphatic heterocycles. The molecule has 0 spiro atoms. The summed E-state index contributed by atoms with van der Waals surface area (Å²) in [6, 6.07) is 7.11. The smallest absolute Gasteiger partial charge is 0.121 e. The fourth-order valence-electron chi connectivity index (χ4n) is 1.70. The van der Waals surface area contributed by atoms with Crippen molar-refractivity contribution >= 4 is 5.69 Å². The molecule has 0 amide bonds. The molecule has 1 heterocycles. The van der Waals surface area contributed by atoms with Gasteiger partial charge in [-0.1, -0.05) is 0 Å². The molecule has 0 bridgehead atoms. The second-order valence-electron chi connectivity index (χ2n) is 3.81. The van der Waals surface area contributed by atoms with E-state index in [4.69, 9.17) is 20.5 Å². The minimum absolute atomic E-state index is 0.192. The molecular formula is C12H14N2O2. The summed E-state index contributed by atoms with van der Waals surface area (Å²) in [5.74, 6) is 0.687. The van der Waals surface area contributed by atoms with Crippen LogP contribution in [0.4, 0.5) is 5.69 Å². The highest BCUT2D eigenvalue weighted by atomic mass is 16.5. The van der Waals surface area contributed by atoms with Gasteiger partial charge in [-0.25, -0.2) is 0 Å². The van der Waals surface area contributed by atoms with Crippen LogP contribution in [-0.2, 0) is 4.74 Å². The Morgan fingerprint density at radius 1 is 1.56 bits per heavy atom. The zero-order valence-electron chi connectivity index (χ0n) is 8.98. The summed E-state index contributed by atoms with van der Waals surface area (Å²) in [6.07, 6.45) is 2.34. The van der Waals surface area contributed by atoms with Crippen molar-refractivity contribution in [2.24, 2.45) is 0 Å². The fourth-order valence-corrected chi connectivity index (χ4v) is 1.70. The number of benzene rings is 1. The van der Waals surface area contributed by atoms with Gasteiger partial charge >= 0.3 is 0 Å². The molecule has 0 aromatic heterocycles. The summed E-state index contributed by atoms with van der Waals surface area (Å²) in [5, 5.41) is 8.72. The van der Waals surface area contributed by atoms with E-state index in [1.54, 1.807) is 18.2 Å². The van der Waals surface area contributed by atoms with E-state index in [-0.39, 0.29) is 6.10 Å². The van der Waals surface area contributed by atoms with Crippen molar-refractivity contribution in [3.8, 4) is 11.8 Å². The number of ether oxygens (including phenoxy) is 2. The molecule has 1 fully saturated rings. The van der Waals surface area contributed by atoms with Crippen molar-refractivity contribution in [2.45, 2.75) is 18.9 Å². The maximum atomic E-state index is 8.72. The van der Waals surface area contributed by atoms with Crippen molar-refractivity contribution in [1.29, 1.82) is 5.26 Å². The highest BCUT2D eigenvalue weighted by Gasteiger charge is 2.16. The van der Waals surface area contributed by atoms with Crippen molar-refractivity contribution in [3.63, 3.8) is 0 Å². The number of nitriles is 1. The maximum Gasteiger partial charge on any atom is 0.121 e. The normalized spacial score (nSPS) is 19.3. The van der Waals surface area contributed by atoms with Gasteiger partial charge in [0.15, 0.2) is 0 Å². The number of nitrogens with two attached hydrogens (primary N) is 1. The number of hydrogen-bond acceptors (Lipinski definition) is 4. The van der Waals surface area contributed by atoms with Crippen LogP contribution < -0.4 is 10.5 Å². The number of nitrogen functional groups attached to an aromatic ring is 1. The Hall–Kier alpha value is -1.73. The first kappa shape index (κ1) is 10.8. The molecular weight excluding hydrogens is 204 g/mol. The van der Waals surface area contributed by atoms with Crippen LogP contribution in [0.15, 0.2) is 18.2 Å². The van der Waals surface area contributed by atoms with E-state index in [1.807, 2.05) is 6.07 Å². The lowest BCUT2D eigenvalue weighted by molar-refractivity contribution is 0.0680. The molecule has 4 nitrogen and oxygen atoms in total. The summed E-state index contributed by atoms with van der Waals surface area (Å²) in [6.45, 7) is 1.37. The second kappa shape index (κ2) is 4.86.